The van der Waals surface area contributed by atoms with Crippen molar-refractivity contribution >= 4 is 22.6 Å². The summed E-state index contributed by atoms with van der Waals surface area (Å²) in [6.45, 7) is 0. The van der Waals surface area contributed by atoms with E-state index in [1.807, 2.05) is 6.07 Å². The molecule has 0 fully saturated rings. The van der Waals surface area contributed by atoms with E-state index in [-0.39, 0.29) is 26.9 Å². The number of nitriles is 2. The van der Waals surface area contributed by atoms with Crippen molar-refractivity contribution in [1.82, 2.24) is 4.98 Å². The van der Waals surface area contributed by atoms with E-state index in [4.69, 9.17) is 10.5 Å². The summed E-state index contributed by atoms with van der Waals surface area (Å²) in [5, 5.41) is 17.1. The van der Waals surface area contributed by atoms with Gasteiger partial charge in [0.2, 0.25) is 0 Å². The highest BCUT2D eigenvalue weighted by Crippen LogP contribution is 2.25. The molecule has 0 atom stereocenters. The highest BCUT2D eigenvalue weighted by atomic mass is 127. The normalized spacial score (nSPS) is 9.73. The van der Waals surface area contributed by atoms with Gasteiger partial charge in [0.25, 0.3) is 6.43 Å². The number of alkyl halides is 2. The van der Waals surface area contributed by atoms with Gasteiger partial charge in [-0.1, -0.05) is 0 Å². The summed E-state index contributed by atoms with van der Waals surface area (Å²) >= 11 is 1.71. The van der Waals surface area contributed by atoms with Crippen LogP contribution in [0.3, 0.4) is 0 Å². The first kappa shape index (κ1) is 11.8. The van der Waals surface area contributed by atoms with Gasteiger partial charge < -0.3 is 0 Å². The third kappa shape index (κ3) is 2.60. The molecule has 3 nitrogen and oxygen atoms in total. The van der Waals surface area contributed by atoms with Gasteiger partial charge in [0, 0.05) is 5.56 Å². The fourth-order valence-corrected chi connectivity index (χ4v) is 1.78. The van der Waals surface area contributed by atoms with Crippen LogP contribution >= 0.6 is 22.6 Å². The summed E-state index contributed by atoms with van der Waals surface area (Å²) in [7, 11) is 0. The second-order valence-electron chi connectivity index (χ2n) is 2.62. The van der Waals surface area contributed by atoms with E-state index < -0.39 is 6.43 Å². The predicted octanol–water partition coefficient (Wildman–Crippen LogP) is 2.56. The molecule has 0 aliphatic carbocycles. The Morgan fingerprint density at radius 2 is 2.13 bits per heavy atom. The summed E-state index contributed by atoms with van der Waals surface area (Å²) in [6, 6.07) is 4.61. The zero-order valence-corrected chi connectivity index (χ0v) is 9.49. The van der Waals surface area contributed by atoms with Crippen molar-refractivity contribution in [1.29, 1.82) is 10.5 Å². The van der Waals surface area contributed by atoms with Gasteiger partial charge in [-0.05, 0) is 28.7 Å². The highest BCUT2D eigenvalue weighted by Gasteiger charge is 2.17. The molecule has 0 radical (unpaired) electrons. The third-order valence-electron chi connectivity index (χ3n) is 1.67. The number of hydrogen-bond donors (Lipinski definition) is 0. The summed E-state index contributed by atoms with van der Waals surface area (Å²) in [4.78, 5) is 3.89. The summed E-state index contributed by atoms with van der Waals surface area (Å²) < 4.78 is 25.3. The Bertz CT molecular complexity index is 460. The Hall–Kier alpha value is -1.28. The molecule has 0 spiro atoms. The SMILES string of the molecule is N#CCc1cc(C(F)F)c(C#N)c(I)n1. The zero-order chi connectivity index (χ0) is 11.4. The molecule has 1 rings (SSSR count). The van der Waals surface area contributed by atoms with Gasteiger partial charge in [0.05, 0.1) is 23.7 Å². The lowest BCUT2D eigenvalue weighted by molar-refractivity contribution is 0.150. The average molecular weight is 319 g/mol. The lowest BCUT2D eigenvalue weighted by Gasteiger charge is -2.05. The molecule has 0 saturated carbocycles. The molecular formula is C9H4F2IN3. The van der Waals surface area contributed by atoms with Crippen LogP contribution in [0, 0.1) is 26.4 Å². The van der Waals surface area contributed by atoms with E-state index in [9.17, 15) is 8.78 Å². The van der Waals surface area contributed by atoms with Crippen LogP contribution in [-0.2, 0) is 6.42 Å². The molecule has 1 aromatic rings. The molecule has 0 aliphatic heterocycles. The van der Waals surface area contributed by atoms with Crippen molar-refractivity contribution in [2.75, 3.05) is 0 Å². The minimum atomic E-state index is -2.73. The summed E-state index contributed by atoms with van der Waals surface area (Å²) in [6.07, 6.45) is -2.77. The quantitative estimate of drug-likeness (QED) is 0.622. The van der Waals surface area contributed by atoms with Gasteiger partial charge in [-0.3, -0.25) is 0 Å². The molecular weight excluding hydrogens is 315 g/mol. The number of aromatic nitrogens is 1. The van der Waals surface area contributed by atoms with Crippen molar-refractivity contribution in [3.8, 4) is 12.1 Å². The smallest absolute Gasteiger partial charge is 0.244 e. The molecule has 0 bridgehead atoms. The molecule has 0 N–H and O–H groups in total. The van der Waals surface area contributed by atoms with Crippen LogP contribution in [-0.4, -0.2) is 4.98 Å². The Morgan fingerprint density at radius 3 is 2.60 bits per heavy atom. The topological polar surface area (TPSA) is 60.5 Å². The second kappa shape index (κ2) is 4.99. The lowest BCUT2D eigenvalue weighted by Crippen LogP contribution is -2.01. The maximum atomic E-state index is 12.5. The van der Waals surface area contributed by atoms with Gasteiger partial charge in [0.1, 0.15) is 9.77 Å². The molecule has 0 aromatic carbocycles. The van der Waals surface area contributed by atoms with E-state index in [0.29, 0.717) is 0 Å². The molecule has 6 heteroatoms. The van der Waals surface area contributed by atoms with E-state index >= 15 is 0 Å². The van der Waals surface area contributed by atoms with Gasteiger partial charge in [-0.2, -0.15) is 10.5 Å². The highest BCUT2D eigenvalue weighted by molar-refractivity contribution is 14.1. The Balaban J connectivity index is 3.35. The first-order chi connectivity index (χ1) is 7.10. The van der Waals surface area contributed by atoms with Crippen molar-refractivity contribution in [3.63, 3.8) is 0 Å². The first-order valence-corrected chi connectivity index (χ1v) is 4.92. The average Bonchev–Trinajstić information content (AvgIpc) is 2.17. The van der Waals surface area contributed by atoms with E-state index in [1.165, 1.54) is 0 Å². The fraction of sp³-hybridized carbons (Fsp3) is 0.222. The van der Waals surface area contributed by atoms with Crippen LogP contribution < -0.4 is 0 Å². The zero-order valence-electron chi connectivity index (χ0n) is 7.34. The number of pyridine rings is 1. The number of nitrogens with zero attached hydrogens (tertiary/aromatic N) is 3. The van der Waals surface area contributed by atoms with Gasteiger partial charge in [-0.25, -0.2) is 13.8 Å². The number of hydrogen-bond acceptors (Lipinski definition) is 3. The maximum Gasteiger partial charge on any atom is 0.265 e. The molecule has 0 amide bonds. The molecule has 0 unspecified atom stereocenters. The third-order valence-corrected chi connectivity index (χ3v) is 2.45. The van der Waals surface area contributed by atoms with Crippen LogP contribution in [0.4, 0.5) is 8.78 Å². The standard InChI is InChI=1S/C9H4F2IN3/c10-8(11)6-3-5(1-2-13)15-9(12)7(6)4-14/h3,8H,1H2. The molecule has 1 heterocycles. The fourth-order valence-electron chi connectivity index (χ4n) is 1.04. The second-order valence-corrected chi connectivity index (χ2v) is 3.64. The Morgan fingerprint density at radius 1 is 1.47 bits per heavy atom. The van der Waals surface area contributed by atoms with Gasteiger partial charge >= 0.3 is 0 Å². The van der Waals surface area contributed by atoms with Gasteiger partial charge in [-0.15, -0.1) is 0 Å². The molecule has 76 valence electrons. The van der Waals surface area contributed by atoms with Gasteiger partial charge in [0.15, 0.2) is 0 Å². The molecule has 0 saturated heterocycles. The first-order valence-electron chi connectivity index (χ1n) is 3.84. The Kier molecular flexibility index (Phi) is 3.92. The lowest BCUT2D eigenvalue weighted by atomic mass is 10.1. The number of halogens is 3. The van der Waals surface area contributed by atoms with Crippen LogP contribution in [0.2, 0.25) is 0 Å². The van der Waals surface area contributed by atoms with E-state index in [2.05, 4.69) is 4.98 Å². The van der Waals surface area contributed by atoms with Crippen LogP contribution in [0.1, 0.15) is 23.2 Å². The van der Waals surface area contributed by atoms with Crippen LogP contribution in [0.5, 0.6) is 0 Å². The number of rotatable bonds is 2. The molecule has 0 aliphatic rings. The monoisotopic (exact) mass is 319 g/mol. The van der Waals surface area contributed by atoms with Crippen LogP contribution in [0.25, 0.3) is 0 Å². The summed E-state index contributed by atoms with van der Waals surface area (Å²) in [5.41, 5.74) is -0.217. The molecule has 1 aromatic heterocycles. The van der Waals surface area contributed by atoms with Crippen molar-refractivity contribution in [3.05, 3.63) is 26.6 Å². The van der Waals surface area contributed by atoms with E-state index in [1.54, 1.807) is 28.7 Å². The van der Waals surface area contributed by atoms with Crippen molar-refractivity contribution < 1.29 is 8.78 Å². The van der Waals surface area contributed by atoms with Crippen molar-refractivity contribution in [2.24, 2.45) is 0 Å². The Labute approximate surface area is 98.5 Å². The van der Waals surface area contributed by atoms with Crippen molar-refractivity contribution in [2.45, 2.75) is 12.8 Å². The summed E-state index contributed by atoms with van der Waals surface area (Å²) in [5.74, 6) is 0. The van der Waals surface area contributed by atoms with Crippen LogP contribution in [0.15, 0.2) is 6.07 Å². The maximum absolute atomic E-state index is 12.5. The minimum Gasteiger partial charge on any atom is -0.244 e. The largest absolute Gasteiger partial charge is 0.265 e. The predicted molar refractivity (Wildman–Crippen MR) is 55.9 cm³/mol. The minimum absolute atomic E-state index is 0.0402. The van der Waals surface area contributed by atoms with E-state index in [0.717, 1.165) is 6.07 Å². The molecule has 15 heavy (non-hydrogen) atoms.